The second kappa shape index (κ2) is 6.49. The van der Waals surface area contributed by atoms with Crippen LogP contribution in [0.1, 0.15) is 37.3 Å². The molecule has 1 aliphatic rings. The fraction of sp³-hybridized carbons (Fsp3) is 0.562. The van der Waals surface area contributed by atoms with Gasteiger partial charge < -0.3 is 9.84 Å². The number of aliphatic carboxylic acids is 1. The zero-order valence-corrected chi connectivity index (χ0v) is 14.7. The number of hydrogen-bond donors (Lipinski definition) is 1. The monoisotopic (exact) mass is 341 g/mol. The van der Waals surface area contributed by atoms with Crippen LogP contribution < -0.4 is 4.74 Å². The van der Waals surface area contributed by atoms with E-state index in [1.165, 1.54) is 4.31 Å². The molecule has 1 fully saturated rings. The second-order valence-corrected chi connectivity index (χ2v) is 8.11. The van der Waals surface area contributed by atoms with Crippen molar-refractivity contribution in [2.45, 2.75) is 38.0 Å². The maximum absolute atomic E-state index is 12.9. The van der Waals surface area contributed by atoms with E-state index in [2.05, 4.69) is 0 Å². The summed E-state index contributed by atoms with van der Waals surface area (Å²) in [6.07, 6.45) is 0.348. The highest BCUT2D eigenvalue weighted by Gasteiger charge is 2.36. The Hall–Kier alpha value is -1.60. The van der Waals surface area contributed by atoms with Crippen molar-refractivity contribution in [3.8, 4) is 5.75 Å². The van der Waals surface area contributed by atoms with Crippen molar-refractivity contribution in [2.24, 2.45) is 5.92 Å². The van der Waals surface area contributed by atoms with Gasteiger partial charge in [-0.1, -0.05) is 13.8 Å². The number of benzene rings is 1. The van der Waals surface area contributed by atoms with Gasteiger partial charge in [-0.05, 0) is 42.5 Å². The molecule has 128 valence electrons. The van der Waals surface area contributed by atoms with Crippen molar-refractivity contribution in [1.29, 1.82) is 0 Å². The summed E-state index contributed by atoms with van der Waals surface area (Å²) in [5.74, 6) is -0.795. The summed E-state index contributed by atoms with van der Waals surface area (Å²) in [6.45, 7) is 5.94. The number of methoxy groups -OCH3 is 1. The Bertz CT molecular complexity index is 711. The van der Waals surface area contributed by atoms with Gasteiger partial charge >= 0.3 is 5.97 Å². The largest absolute Gasteiger partial charge is 0.496 e. The predicted molar refractivity (Wildman–Crippen MR) is 86.3 cm³/mol. The van der Waals surface area contributed by atoms with Crippen molar-refractivity contribution in [3.05, 3.63) is 23.3 Å². The Morgan fingerprint density at radius 1 is 1.39 bits per heavy atom. The summed E-state index contributed by atoms with van der Waals surface area (Å²) in [6, 6.07) is 3.38. The average Bonchev–Trinajstić information content (AvgIpc) is 2.97. The highest BCUT2D eigenvalue weighted by Crippen LogP contribution is 2.34. The standard InChI is InChI=1S/C16H23NO5S/c1-10(2)13-8-15(11(3)7-14(13)22-4)23(20,21)17-6-5-12(9-17)16(18)19/h7-8,10,12H,5-6,9H2,1-4H3,(H,18,19). The molecule has 2 rings (SSSR count). The van der Waals surface area contributed by atoms with E-state index in [4.69, 9.17) is 9.84 Å². The first kappa shape index (κ1) is 17.7. The summed E-state index contributed by atoms with van der Waals surface area (Å²) < 4.78 is 32.4. The van der Waals surface area contributed by atoms with E-state index in [1.54, 1.807) is 26.2 Å². The lowest BCUT2D eigenvalue weighted by Crippen LogP contribution is -2.30. The number of carboxylic acid groups (broad SMARTS) is 1. The van der Waals surface area contributed by atoms with Gasteiger partial charge in [-0.25, -0.2) is 8.42 Å². The summed E-state index contributed by atoms with van der Waals surface area (Å²) in [7, 11) is -2.14. The van der Waals surface area contributed by atoms with Gasteiger partial charge in [-0.2, -0.15) is 4.31 Å². The highest BCUT2D eigenvalue weighted by molar-refractivity contribution is 7.89. The minimum Gasteiger partial charge on any atom is -0.496 e. The molecule has 1 aliphatic heterocycles. The molecule has 1 atom stereocenters. The van der Waals surface area contributed by atoms with E-state index in [-0.39, 0.29) is 23.9 Å². The number of rotatable bonds is 5. The van der Waals surface area contributed by atoms with Crippen LogP contribution in [-0.2, 0) is 14.8 Å². The first-order chi connectivity index (χ1) is 10.7. The van der Waals surface area contributed by atoms with Gasteiger partial charge in [0.25, 0.3) is 0 Å². The smallest absolute Gasteiger partial charge is 0.307 e. The predicted octanol–water partition coefficient (Wildman–Crippen LogP) is 2.22. The normalized spacial score (nSPS) is 19.3. The Labute approximate surface area is 137 Å². The number of carbonyl (C=O) groups is 1. The molecular formula is C16H23NO5S. The van der Waals surface area contributed by atoms with Crippen LogP contribution >= 0.6 is 0 Å². The number of nitrogens with zero attached hydrogens (tertiary/aromatic N) is 1. The first-order valence-electron chi connectivity index (χ1n) is 7.60. The van der Waals surface area contributed by atoms with E-state index in [1.807, 2.05) is 13.8 Å². The molecule has 0 bridgehead atoms. The highest BCUT2D eigenvalue weighted by atomic mass is 32.2. The van der Waals surface area contributed by atoms with E-state index < -0.39 is 21.9 Å². The number of sulfonamides is 1. The van der Waals surface area contributed by atoms with Gasteiger partial charge in [0, 0.05) is 13.1 Å². The van der Waals surface area contributed by atoms with Crippen LogP contribution in [0.15, 0.2) is 17.0 Å². The Morgan fingerprint density at radius 3 is 2.52 bits per heavy atom. The number of ether oxygens (including phenoxy) is 1. The molecule has 6 nitrogen and oxygen atoms in total. The second-order valence-electron chi connectivity index (χ2n) is 6.20. The topological polar surface area (TPSA) is 83.9 Å². The van der Waals surface area contributed by atoms with Gasteiger partial charge in [0.15, 0.2) is 0 Å². The van der Waals surface area contributed by atoms with Gasteiger partial charge in [0.05, 0.1) is 17.9 Å². The molecule has 1 saturated heterocycles. The van der Waals surface area contributed by atoms with Gasteiger partial charge in [0.2, 0.25) is 10.0 Å². The Balaban J connectivity index is 2.44. The van der Waals surface area contributed by atoms with Crippen LogP contribution in [-0.4, -0.2) is 44.0 Å². The molecule has 0 amide bonds. The number of aryl methyl sites for hydroxylation is 1. The molecule has 1 unspecified atom stereocenters. The Kier molecular flexibility index (Phi) is 5.01. The molecule has 23 heavy (non-hydrogen) atoms. The van der Waals surface area contributed by atoms with Crippen LogP contribution in [0, 0.1) is 12.8 Å². The van der Waals surface area contributed by atoms with E-state index in [0.717, 1.165) is 5.56 Å². The number of carboxylic acids is 1. The zero-order chi connectivity index (χ0) is 17.4. The van der Waals surface area contributed by atoms with Crippen molar-refractivity contribution in [3.63, 3.8) is 0 Å². The van der Waals surface area contributed by atoms with Gasteiger partial charge in [-0.3, -0.25) is 4.79 Å². The summed E-state index contributed by atoms with van der Waals surface area (Å²) in [4.78, 5) is 11.3. The molecule has 0 spiro atoms. The molecule has 0 radical (unpaired) electrons. The molecule has 1 aromatic carbocycles. The lowest BCUT2D eigenvalue weighted by molar-refractivity contribution is -0.141. The van der Waals surface area contributed by atoms with Crippen molar-refractivity contribution in [1.82, 2.24) is 4.31 Å². The fourth-order valence-electron chi connectivity index (χ4n) is 2.87. The summed E-state index contributed by atoms with van der Waals surface area (Å²) in [5, 5.41) is 9.07. The van der Waals surface area contributed by atoms with Crippen LogP contribution in [0.3, 0.4) is 0 Å². The number of hydrogen-bond acceptors (Lipinski definition) is 4. The maximum atomic E-state index is 12.9. The first-order valence-corrected chi connectivity index (χ1v) is 9.04. The molecule has 7 heteroatoms. The van der Waals surface area contributed by atoms with E-state index >= 15 is 0 Å². The third-order valence-electron chi connectivity index (χ3n) is 4.27. The van der Waals surface area contributed by atoms with Crippen molar-refractivity contribution in [2.75, 3.05) is 20.2 Å². The zero-order valence-electron chi connectivity index (χ0n) is 13.9. The van der Waals surface area contributed by atoms with Crippen LogP contribution in [0.4, 0.5) is 0 Å². The molecule has 0 aliphatic carbocycles. The molecule has 1 aromatic rings. The minimum atomic E-state index is -3.70. The quantitative estimate of drug-likeness (QED) is 0.888. The molecule has 0 aromatic heterocycles. The fourth-order valence-corrected chi connectivity index (χ4v) is 4.61. The summed E-state index contributed by atoms with van der Waals surface area (Å²) in [5.41, 5.74) is 1.43. The minimum absolute atomic E-state index is 0.0279. The van der Waals surface area contributed by atoms with Crippen LogP contribution in [0.2, 0.25) is 0 Å². The molecule has 1 N–H and O–H groups in total. The Morgan fingerprint density at radius 2 is 2.04 bits per heavy atom. The summed E-state index contributed by atoms with van der Waals surface area (Å²) >= 11 is 0. The van der Waals surface area contributed by atoms with Crippen LogP contribution in [0.5, 0.6) is 5.75 Å². The molecule has 1 heterocycles. The molecular weight excluding hydrogens is 318 g/mol. The third kappa shape index (κ3) is 3.35. The molecule has 0 saturated carbocycles. The van der Waals surface area contributed by atoms with Gasteiger partial charge in [-0.15, -0.1) is 0 Å². The average molecular weight is 341 g/mol. The van der Waals surface area contributed by atoms with Crippen LogP contribution in [0.25, 0.3) is 0 Å². The van der Waals surface area contributed by atoms with Gasteiger partial charge in [0.1, 0.15) is 5.75 Å². The lowest BCUT2D eigenvalue weighted by Gasteiger charge is -2.20. The van der Waals surface area contributed by atoms with E-state index in [9.17, 15) is 13.2 Å². The lowest BCUT2D eigenvalue weighted by atomic mass is 10.0. The van der Waals surface area contributed by atoms with E-state index in [0.29, 0.717) is 17.7 Å². The SMILES string of the molecule is COc1cc(C)c(S(=O)(=O)N2CCC(C(=O)O)C2)cc1C(C)C. The third-order valence-corrected chi connectivity index (χ3v) is 6.27. The van der Waals surface area contributed by atoms with Crippen molar-refractivity contribution >= 4 is 16.0 Å². The maximum Gasteiger partial charge on any atom is 0.307 e. The van der Waals surface area contributed by atoms with Crippen molar-refractivity contribution < 1.29 is 23.1 Å².